The molecule has 0 bridgehead atoms. The summed E-state index contributed by atoms with van der Waals surface area (Å²) in [5.41, 5.74) is 7.72. The highest BCUT2D eigenvalue weighted by Crippen LogP contribution is 2.21. The van der Waals surface area contributed by atoms with Crippen LogP contribution in [-0.2, 0) is 0 Å². The minimum absolute atomic E-state index is 0.142. The predicted molar refractivity (Wildman–Crippen MR) is 93.8 cm³/mol. The first kappa shape index (κ1) is 16.3. The van der Waals surface area contributed by atoms with Crippen molar-refractivity contribution in [2.45, 2.75) is 13.3 Å². The van der Waals surface area contributed by atoms with Gasteiger partial charge in [-0.1, -0.05) is 6.92 Å². The molecule has 2 aliphatic rings. The Labute approximate surface area is 139 Å². The molecule has 2 fully saturated rings. The van der Waals surface area contributed by atoms with Gasteiger partial charge in [0.1, 0.15) is 0 Å². The third-order valence-corrected chi connectivity index (χ3v) is 5.21. The second-order valence-electron chi connectivity index (χ2n) is 6.61. The van der Waals surface area contributed by atoms with Crippen molar-refractivity contribution in [1.29, 1.82) is 0 Å². The van der Waals surface area contributed by atoms with E-state index in [0.717, 1.165) is 57.8 Å². The highest BCUT2D eigenvalue weighted by Gasteiger charge is 2.26. The molecule has 1 atom stereocenters. The molecule has 2 heterocycles. The number of hydrogen-bond acceptors (Lipinski definition) is 4. The van der Waals surface area contributed by atoms with Crippen LogP contribution in [0.15, 0.2) is 24.3 Å². The van der Waals surface area contributed by atoms with Gasteiger partial charge >= 0.3 is 0 Å². The molecular formula is C18H28N4O. The molecule has 126 valence electrons. The number of nitrogens with zero attached hydrogens (tertiary/aromatic N) is 3. The summed E-state index contributed by atoms with van der Waals surface area (Å²) in [5, 5.41) is 0. The highest BCUT2D eigenvalue weighted by atomic mass is 16.2. The summed E-state index contributed by atoms with van der Waals surface area (Å²) in [7, 11) is 0. The van der Waals surface area contributed by atoms with Gasteiger partial charge in [0.25, 0.3) is 5.91 Å². The normalized spacial score (nSPS) is 22.6. The minimum Gasteiger partial charge on any atom is -0.369 e. The number of nitrogens with two attached hydrogens (primary N) is 1. The number of carbonyl (C=O) groups is 1. The molecule has 0 aliphatic carbocycles. The zero-order chi connectivity index (χ0) is 16.2. The number of rotatable bonds is 4. The van der Waals surface area contributed by atoms with E-state index in [1.54, 1.807) is 0 Å². The van der Waals surface area contributed by atoms with Crippen molar-refractivity contribution in [2.75, 3.05) is 57.3 Å². The first-order valence-corrected chi connectivity index (χ1v) is 8.78. The average Bonchev–Trinajstić information content (AvgIpc) is 3.10. The van der Waals surface area contributed by atoms with Crippen molar-refractivity contribution in [3.05, 3.63) is 29.8 Å². The number of anilines is 1. The summed E-state index contributed by atoms with van der Waals surface area (Å²) < 4.78 is 0. The molecule has 0 unspecified atom stereocenters. The summed E-state index contributed by atoms with van der Waals surface area (Å²) >= 11 is 0. The molecule has 2 saturated heterocycles. The van der Waals surface area contributed by atoms with Crippen LogP contribution in [0.3, 0.4) is 0 Å². The molecule has 0 aromatic heterocycles. The van der Waals surface area contributed by atoms with Gasteiger partial charge in [-0.25, -0.2) is 0 Å². The third kappa shape index (κ3) is 3.67. The van der Waals surface area contributed by atoms with E-state index < -0.39 is 0 Å². The van der Waals surface area contributed by atoms with Crippen LogP contribution >= 0.6 is 0 Å². The monoisotopic (exact) mass is 316 g/mol. The van der Waals surface area contributed by atoms with Gasteiger partial charge in [0.05, 0.1) is 0 Å². The second-order valence-corrected chi connectivity index (χ2v) is 6.61. The maximum Gasteiger partial charge on any atom is 0.253 e. The molecular weight excluding hydrogens is 288 g/mol. The Balaban J connectivity index is 1.60. The van der Waals surface area contributed by atoms with Gasteiger partial charge in [-0.05, 0) is 49.7 Å². The molecule has 2 aliphatic heterocycles. The van der Waals surface area contributed by atoms with Crippen LogP contribution in [0.25, 0.3) is 0 Å². The van der Waals surface area contributed by atoms with Crippen LogP contribution in [0.2, 0.25) is 0 Å². The maximum atomic E-state index is 12.5. The number of likely N-dealkylation sites (tertiary alicyclic amines) is 1. The Hall–Kier alpha value is -1.59. The van der Waals surface area contributed by atoms with Crippen molar-refractivity contribution < 1.29 is 4.79 Å². The number of carbonyl (C=O) groups excluding carboxylic acids is 1. The number of likely N-dealkylation sites (N-methyl/N-ethyl adjacent to an activating group) is 1. The number of piperazine rings is 1. The molecule has 3 rings (SSSR count). The van der Waals surface area contributed by atoms with E-state index in [0.29, 0.717) is 12.5 Å². The van der Waals surface area contributed by atoms with Crippen LogP contribution in [0.1, 0.15) is 23.7 Å². The van der Waals surface area contributed by atoms with Gasteiger partial charge in [-0.2, -0.15) is 0 Å². The Morgan fingerprint density at radius 1 is 1.13 bits per heavy atom. The van der Waals surface area contributed by atoms with E-state index in [1.807, 2.05) is 17.0 Å². The van der Waals surface area contributed by atoms with Crippen molar-refractivity contribution in [1.82, 2.24) is 9.80 Å². The quantitative estimate of drug-likeness (QED) is 0.908. The summed E-state index contributed by atoms with van der Waals surface area (Å²) in [5.74, 6) is 0.608. The lowest BCUT2D eigenvalue weighted by atomic mass is 10.1. The summed E-state index contributed by atoms with van der Waals surface area (Å²) in [6.45, 7) is 10.0. The van der Waals surface area contributed by atoms with E-state index in [9.17, 15) is 4.79 Å². The maximum absolute atomic E-state index is 12.5. The smallest absolute Gasteiger partial charge is 0.253 e. The van der Waals surface area contributed by atoms with Gasteiger partial charge < -0.3 is 20.4 Å². The molecule has 5 heteroatoms. The first-order chi connectivity index (χ1) is 11.2. The van der Waals surface area contributed by atoms with Crippen LogP contribution in [0.5, 0.6) is 0 Å². The van der Waals surface area contributed by atoms with Gasteiger partial charge in [-0.3, -0.25) is 4.79 Å². The number of hydrogen-bond donors (Lipinski definition) is 1. The molecule has 2 N–H and O–H groups in total. The van der Waals surface area contributed by atoms with Gasteiger partial charge in [0.2, 0.25) is 0 Å². The fourth-order valence-corrected chi connectivity index (χ4v) is 3.53. The lowest BCUT2D eigenvalue weighted by Gasteiger charge is -2.35. The van der Waals surface area contributed by atoms with Crippen LogP contribution < -0.4 is 10.6 Å². The Morgan fingerprint density at radius 2 is 1.83 bits per heavy atom. The average molecular weight is 316 g/mol. The molecule has 1 amide bonds. The summed E-state index contributed by atoms with van der Waals surface area (Å²) in [4.78, 5) is 19.4. The van der Waals surface area contributed by atoms with Crippen molar-refractivity contribution in [2.24, 2.45) is 11.7 Å². The van der Waals surface area contributed by atoms with Crippen molar-refractivity contribution in [3.8, 4) is 0 Å². The zero-order valence-electron chi connectivity index (χ0n) is 14.1. The van der Waals surface area contributed by atoms with Gasteiger partial charge in [0, 0.05) is 50.5 Å². The van der Waals surface area contributed by atoms with Crippen LogP contribution in [-0.4, -0.2) is 68.1 Å². The van der Waals surface area contributed by atoms with Gasteiger partial charge in [0.15, 0.2) is 0 Å². The SMILES string of the molecule is CCN1CCN(c2ccc(C(=O)N3CC[C@H](CN)C3)cc2)CC1. The summed E-state index contributed by atoms with van der Waals surface area (Å²) in [6, 6.07) is 8.12. The standard InChI is InChI=1S/C18H28N4O/c1-2-20-9-11-21(12-10-20)17-5-3-16(4-6-17)18(23)22-8-7-15(13-19)14-22/h3-6,15H,2,7-14,19H2,1H3/t15-/m1/s1. The molecule has 5 nitrogen and oxygen atoms in total. The van der Waals surface area contributed by atoms with Gasteiger partial charge in [-0.15, -0.1) is 0 Å². The molecule has 0 saturated carbocycles. The topological polar surface area (TPSA) is 52.8 Å². The Kier molecular flexibility index (Phi) is 5.18. The fraction of sp³-hybridized carbons (Fsp3) is 0.611. The Bertz CT molecular complexity index is 522. The first-order valence-electron chi connectivity index (χ1n) is 8.78. The minimum atomic E-state index is 0.142. The van der Waals surface area contributed by atoms with Crippen molar-refractivity contribution in [3.63, 3.8) is 0 Å². The number of amides is 1. The van der Waals surface area contributed by atoms with E-state index in [-0.39, 0.29) is 5.91 Å². The molecule has 1 aromatic carbocycles. The highest BCUT2D eigenvalue weighted by molar-refractivity contribution is 5.94. The van der Waals surface area contributed by atoms with Crippen LogP contribution in [0.4, 0.5) is 5.69 Å². The largest absolute Gasteiger partial charge is 0.369 e. The lowest BCUT2D eigenvalue weighted by Crippen LogP contribution is -2.46. The molecule has 0 spiro atoms. The molecule has 0 radical (unpaired) electrons. The van der Waals surface area contributed by atoms with E-state index in [4.69, 9.17) is 5.73 Å². The zero-order valence-corrected chi connectivity index (χ0v) is 14.1. The fourth-order valence-electron chi connectivity index (χ4n) is 3.53. The van der Waals surface area contributed by atoms with E-state index in [2.05, 4.69) is 28.9 Å². The van der Waals surface area contributed by atoms with E-state index in [1.165, 1.54) is 5.69 Å². The van der Waals surface area contributed by atoms with E-state index >= 15 is 0 Å². The lowest BCUT2D eigenvalue weighted by molar-refractivity contribution is 0.0787. The second kappa shape index (κ2) is 7.32. The van der Waals surface area contributed by atoms with Crippen molar-refractivity contribution >= 4 is 11.6 Å². The third-order valence-electron chi connectivity index (χ3n) is 5.21. The van der Waals surface area contributed by atoms with Crippen LogP contribution in [0, 0.1) is 5.92 Å². The Morgan fingerprint density at radius 3 is 2.39 bits per heavy atom. The molecule has 1 aromatic rings. The number of benzene rings is 1. The molecule has 23 heavy (non-hydrogen) atoms. The predicted octanol–water partition coefficient (Wildman–Crippen LogP) is 1.25. The summed E-state index contributed by atoms with van der Waals surface area (Å²) in [6.07, 6.45) is 1.03.